The van der Waals surface area contributed by atoms with Crippen LogP contribution in [0.2, 0.25) is 0 Å². The second kappa shape index (κ2) is 27.7. The highest BCUT2D eigenvalue weighted by atomic mass is 15.2. The second-order valence-corrected chi connectivity index (χ2v) is 38.6. The van der Waals surface area contributed by atoms with Crippen molar-refractivity contribution in [3.05, 3.63) is 380 Å². The zero-order valence-electron chi connectivity index (χ0n) is 71.2. The molecule has 2 aromatic heterocycles. The van der Waals surface area contributed by atoms with Gasteiger partial charge in [-0.25, -0.2) is 0 Å². The minimum Gasteiger partial charge on any atom is -0.311 e. The molecule has 0 amide bonds. The minimum atomic E-state index is -0.217. The van der Waals surface area contributed by atoms with Crippen LogP contribution < -0.4 is 26.2 Å². The van der Waals surface area contributed by atoms with Gasteiger partial charge in [-0.1, -0.05) is 325 Å². The molecular weight excluding hydrogens is 1460 g/mol. The van der Waals surface area contributed by atoms with Gasteiger partial charge in [0.1, 0.15) is 0 Å². The monoisotopic (exact) mass is 1560 g/mol. The van der Waals surface area contributed by atoms with E-state index >= 15 is 0 Å². The van der Waals surface area contributed by atoms with Gasteiger partial charge in [-0.2, -0.15) is 0 Å². The van der Waals surface area contributed by atoms with Crippen molar-refractivity contribution in [2.75, 3.05) is 9.80 Å². The first-order valence-electron chi connectivity index (χ1n) is 43.6. The fraction of sp³-hybridized carbons (Fsp3) is 0.172. The van der Waals surface area contributed by atoms with Gasteiger partial charge in [0, 0.05) is 61.4 Å². The smallest absolute Gasteiger partial charge is 0.252 e. The van der Waals surface area contributed by atoms with Crippen molar-refractivity contribution < 1.29 is 0 Å². The Balaban J connectivity index is 0.832. The van der Waals surface area contributed by atoms with E-state index in [1.54, 1.807) is 0 Å². The molecule has 0 saturated heterocycles. The van der Waals surface area contributed by atoms with E-state index in [1.807, 2.05) is 0 Å². The van der Waals surface area contributed by atoms with Crippen LogP contribution in [0, 0.1) is 0 Å². The van der Waals surface area contributed by atoms with Crippen molar-refractivity contribution >= 4 is 101 Å². The normalized spacial score (nSPS) is 15.3. The molecule has 18 aromatic rings. The van der Waals surface area contributed by atoms with Crippen molar-refractivity contribution in [2.24, 2.45) is 0 Å². The number of aromatic nitrogens is 2. The molecule has 4 nitrogen and oxygen atoms in total. The molecule has 2 aliphatic carbocycles. The molecule has 0 fully saturated rings. The number of hydrogen-bond donors (Lipinski definition) is 0. The molecule has 0 spiro atoms. The Morgan fingerprint density at radius 1 is 0.231 bits per heavy atom. The number of nitrogens with zero attached hydrogens (tertiary/aromatic N) is 4. The highest BCUT2D eigenvalue weighted by Gasteiger charge is 2.46. The Bertz CT molecular complexity index is 7020. The summed E-state index contributed by atoms with van der Waals surface area (Å²) in [7, 11) is 0. The molecule has 121 heavy (non-hydrogen) atoms. The van der Waals surface area contributed by atoms with E-state index in [9.17, 15) is 0 Å². The third kappa shape index (κ3) is 12.3. The molecule has 586 valence electrons. The van der Waals surface area contributed by atoms with Crippen molar-refractivity contribution in [2.45, 2.75) is 129 Å². The van der Waals surface area contributed by atoms with E-state index in [4.69, 9.17) is 0 Å². The lowest BCUT2D eigenvalue weighted by Gasteiger charge is -2.44. The Morgan fingerprint density at radius 2 is 0.521 bits per heavy atom. The molecule has 0 atom stereocenters. The first-order valence-corrected chi connectivity index (χ1v) is 43.6. The fourth-order valence-electron chi connectivity index (χ4n) is 21.1. The van der Waals surface area contributed by atoms with E-state index in [-0.39, 0.29) is 33.8 Å². The summed E-state index contributed by atoms with van der Waals surface area (Å²) in [6.07, 6.45) is 4.65. The molecular formula is C116H99BN4. The molecule has 0 N–H and O–H groups in total. The van der Waals surface area contributed by atoms with E-state index in [1.165, 1.54) is 156 Å². The second-order valence-electron chi connectivity index (χ2n) is 38.6. The van der Waals surface area contributed by atoms with Crippen LogP contribution in [0.25, 0.3) is 133 Å². The number of hydrogen-bond acceptors (Lipinski definition) is 2. The average Bonchev–Trinajstić information content (AvgIpc) is 1.50. The van der Waals surface area contributed by atoms with Crippen LogP contribution in [0.1, 0.15) is 130 Å². The van der Waals surface area contributed by atoms with E-state index in [0.717, 1.165) is 80.4 Å². The Hall–Kier alpha value is -13.2. The molecule has 0 saturated carbocycles. The number of rotatable bonds is 11. The van der Waals surface area contributed by atoms with Gasteiger partial charge in [-0.05, 0) is 278 Å². The highest BCUT2D eigenvalue weighted by Crippen LogP contribution is 2.53. The first kappa shape index (κ1) is 74.1. The van der Waals surface area contributed by atoms with Crippen LogP contribution in [0.15, 0.2) is 352 Å². The topological polar surface area (TPSA) is 16.3 Å². The van der Waals surface area contributed by atoms with Crippen LogP contribution >= 0.6 is 0 Å². The molecule has 5 heteroatoms. The summed E-state index contributed by atoms with van der Waals surface area (Å²) in [5.41, 5.74) is 41.4. The SMILES string of the molecule is CC(C)(C)c1cccc(-c2ccc3c(c2)N(c2ccc(-c4ccc5c(c4)C(C)(C)CCC5(C)C)cc2)c2cc(-n4c5ccc(-c6ccccc6)cc5c5cc(-c6ccccc6)ccc54)cc4c2B3c2ccc(-n3c5ccc(-c6ccccc6)cc5c5cc(-c6ccccc6)ccc53)cc2N4c2ccc(-c3ccc4c(c3)C(C)(C)CCC4(C)C)cc2)c1. The third-order valence-electron chi connectivity index (χ3n) is 28.2. The van der Waals surface area contributed by atoms with Gasteiger partial charge < -0.3 is 18.9 Å². The molecule has 0 radical (unpaired) electrons. The standard InChI is InChI=1S/C116H99BN4/c1-112(2,3)88-34-24-33-80(63-88)87-41-53-101-107(70-87)118(89-46-35-78(36-47-89)85-39-51-97-99(68-85)115(8,9)61-59-113(97,4)5)109-72-92(121-105-57-44-83(76-29-20-14-21-30-76)66-95(105)96-67-84(45-58-106(96)121)77-31-22-15-23-32-77)73-110-111(109)117(101)102-54-50-91(71-108(102)119(110)90-48-37-79(38-49-90)86-40-52-98-100(69-86)116(10,11)62-60-114(98,6)7)120-103-55-42-81(74-25-16-12-17-26-74)64-93(103)94-65-82(43-56-104(94)120)75-27-18-13-19-28-75/h12-58,63-73H,59-62H2,1-11H3. The number of fused-ring (bicyclic) bond motifs is 12. The van der Waals surface area contributed by atoms with E-state index in [0.29, 0.717) is 0 Å². The summed E-state index contributed by atoms with van der Waals surface area (Å²) in [6.45, 7) is 26.3. The minimum absolute atomic E-state index is 0.0517. The summed E-state index contributed by atoms with van der Waals surface area (Å²) >= 11 is 0. The Morgan fingerprint density at radius 3 is 0.917 bits per heavy atom. The van der Waals surface area contributed by atoms with Gasteiger partial charge in [-0.15, -0.1) is 0 Å². The molecule has 4 heterocycles. The largest absolute Gasteiger partial charge is 0.311 e. The van der Waals surface area contributed by atoms with Crippen molar-refractivity contribution in [3.8, 4) is 89.3 Å². The number of anilines is 6. The molecule has 2 aliphatic heterocycles. The van der Waals surface area contributed by atoms with Gasteiger partial charge in [0.2, 0.25) is 0 Å². The molecule has 22 rings (SSSR count). The first-order chi connectivity index (χ1) is 58.6. The predicted octanol–water partition coefficient (Wildman–Crippen LogP) is 29.6. The quantitative estimate of drug-likeness (QED) is 0.120. The number of benzene rings is 16. The van der Waals surface area contributed by atoms with Gasteiger partial charge in [0.15, 0.2) is 0 Å². The van der Waals surface area contributed by atoms with Crippen molar-refractivity contribution in [1.29, 1.82) is 0 Å². The van der Waals surface area contributed by atoms with Crippen LogP contribution in [-0.2, 0) is 27.1 Å². The molecule has 4 aliphatic rings. The zero-order chi connectivity index (χ0) is 82.2. The summed E-state index contributed by atoms with van der Waals surface area (Å²) in [4.78, 5) is 5.30. The Labute approximate surface area is 712 Å². The van der Waals surface area contributed by atoms with Gasteiger partial charge in [0.05, 0.1) is 27.8 Å². The van der Waals surface area contributed by atoms with Crippen LogP contribution in [0.5, 0.6) is 0 Å². The lowest BCUT2D eigenvalue weighted by molar-refractivity contribution is 0.332. The third-order valence-corrected chi connectivity index (χ3v) is 28.2. The van der Waals surface area contributed by atoms with E-state index in [2.05, 4.69) is 447 Å². The summed E-state index contributed by atoms with van der Waals surface area (Å²) in [6, 6.07) is 135. The average molecular weight is 1560 g/mol. The van der Waals surface area contributed by atoms with Gasteiger partial charge in [0.25, 0.3) is 6.71 Å². The maximum Gasteiger partial charge on any atom is 0.252 e. The van der Waals surface area contributed by atoms with Crippen LogP contribution in [-0.4, -0.2) is 15.8 Å². The van der Waals surface area contributed by atoms with Crippen molar-refractivity contribution in [3.63, 3.8) is 0 Å². The zero-order valence-corrected chi connectivity index (χ0v) is 71.2. The highest BCUT2D eigenvalue weighted by molar-refractivity contribution is 7.00. The summed E-state index contributed by atoms with van der Waals surface area (Å²) < 4.78 is 5.13. The van der Waals surface area contributed by atoms with Crippen LogP contribution in [0.3, 0.4) is 0 Å². The predicted molar refractivity (Wildman–Crippen MR) is 516 cm³/mol. The molecule has 0 bridgehead atoms. The fourth-order valence-corrected chi connectivity index (χ4v) is 21.1. The Kier molecular flexibility index (Phi) is 17.0. The summed E-state index contributed by atoms with van der Waals surface area (Å²) in [5, 5.41) is 4.81. The van der Waals surface area contributed by atoms with Gasteiger partial charge >= 0.3 is 0 Å². The van der Waals surface area contributed by atoms with E-state index < -0.39 is 0 Å². The van der Waals surface area contributed by atoms with Crippen molar-refractivity contribution in [1.82, 2.24) is 9.13 Å². The molecule has 16 aromatic carbocycles. The lowest BCUT2D eigenvalue weighted by Crippen LogP contribution is -2.61. The lowest BCUT2D eigenvalue weighted by atomic mass is 9.33. The van der Waals surface area contributed by atoms with Gasteiger partial charge in [-0.3, -0.25) is 0 Å². The molecule has 0 unspecified atom stereocenters. The maximum atomic E-state index is 2.65. The maximum absolute atomic E-state index is 2.65. The summed E-state index contributed by atoms with van der Waals surface area (Å²) in [5.74, 6) is 0. The van der Waals surface area contributed by atoms with Crippen LogP contribution in [0.4, 0.5) is 34.1 Å².